The zero-order valence-electron chi connectivity index (χ0n) is 10.3. The first-order valence-electron chi connectivity index (χ1n) is 6.14. The summed E-state index contributed by atoms with van der Waals surface area (Å²) in [5.41, 5.74) is 5.70. The molecule has 0 spiro atoms. The minimum absolute atomic E-state index is 0.115. The Hall–Kier alpha value is -1.78. The summed E-state index contributed by atoms with van der Waals surface area (Å²) in [6.07, 6.45) is 3.00. The van der Waals surface area contributed by atoms with Gasteiger partial charge in [-0.05, 0) is 31.4 Å². The minimum atomic E-state index is -1.18. The van der Waals surface area contributed by atoms with E-state index in [4.69, 9.17) is 5.73 Å². The van der Waals surface area contributed by atoms with Crippen molar-refractivity contribution >= 4 is 17.3 Å². The Bertz CT molecular complexity index is 476. The molecule has 0 aromatic heterocycles. The number of nitrogens with two attached hydrogens (primary N) is 1. The van der Waals surface area contributed by atoms with Crippen LogP contribution in [0, 0.1) is 5.82 Å². The Morgan fingerprint density at radius 3 is 2.94 bits per heavy atom. The molecule has 1 unspecified atom stereocenters. The van der Waals surface area contributed by atoms with Crippen molar-refractivity contribution < 1.29 is 14.3 Å². The number of benzene rings is 1. The number of carbonyl (C=O) groups is 1. The van der Waals surface area contributed by atoms with Gasteiger partial charge in [-0.1, -0.05) is 6.92 Å². The predicted molar refractivity (Wildman–Crippen MR) is 68.4 cm³/mol. The standard InChI is InChI=1S/C13H17FN2O2/c1-2-8-4-3-7-16(8)10-6-5-9(14)12(15)11(10)13(17)18/h5-6,8H,2-4,7,15H2,1H3,(H,17,18). The van der Waals surface area contributed by atoms with Crippen LogP contribution >= 0.6 is 0 Å². The zero-order valence-corrected chi connectivity index (χ0v) is 10.3. The molecule has 1 atom stereocenters. The van der Waals surface area contributed by atoms with Crippen LogP contribution in [0.3, 0.4) is 0 Å². The third-order valence-electron chi connectivity index (χ3n) is 3.54. The lowest BCUT2D eigenvalue weighted by atomic mass is 10.1. The van der Waals surface area contributed by atoms with Crippen molar-refractivity contribution in [3.63, 3.8) is 0 Å². The first kappa shape index (κ1) is 12.7. The Balaban J connectivity index is 2.50. The topological polar surface area (TPSA) is 66.6 Å². The van der Waals surface area contributed by atoms with Crippen molar-refractivity contribution in [1.29, 1.82) is 0 Å². The molecule has 5 heteroatoms. The maximum atomic E-state index is 13.4. The summed E-state index contributed by atoms with van der Waals surface area (Å²) in [4.78, 5) is 13.3. The van der Waals surface area contributed by atoms with Crippen molar-refractivity contribution in [1.82, 2.24) is 0 Å². The number of aromatic carboxylic acids is 1. The molecular formula is C13H17FN2O2. The van der Waals surface area contributed by atoms with Gasteiger partial charge in [0, 0.05) is 12.6 Å². The highest BCUT2D eigenvalue weighted by Crippen LogP contribution is 2.33. The van der Waals surface area contributed by atoms with E-state index in [2.05, 4.69) is 6.92 Å². The summed E-state index contributed by atoms with van der Waals surface area (Å²) in [5.74, 6) is -1.85. The first-order chi connectivity index (χ1) is 8.56. The average molecular weight is 252 g/mol. The number of carboxylic acid groups (broad SMARTS) is 1. The summed E-state index contributed by atoms with van der Waals surface area (Å²) in [7, 11) is 0. The van der Waals surface area contributed by atoms with Gasteiger partial charge in [-0.15, -0.1) is 0 Å². The van der Waals surface area contributed by atoms with Crippen LogP contribution < -0.4 is 10.6 Å². The third kappa shape index (κ3) is 2.00. The van der Waals surface area contributed by atoms with Gasteiger partial charge >= 0.3 is 5.97 Å². The molecular weight excluding hydrogens is 235 g/mol. The van der Waals surface area contributed by atoms with E-state index in [-0.39, 0.29) is 11.3 Å². The van der Waals surface area contributed by atoms with Crippen LogP contribution in [0.2, 0.25) is 0 Å². The van der Waals surface area contributed by atoms with Crippen LogP contribution in [0.1, 0.15) is 36.5 Å². The van der Waals surface area contributed by atoms with Gasteiger partial charge < -0.3 is 15.7 Å². The molecule has 1 aliphatic rings. The van der Waals surface area contributed by atoms with Crippen molar-refractivity contribution in [3.05, 3.63) is 23.5 Å². The monoisotopic (exact) mass is 252 g/mol. The van der Waals surface area contributed by atoms with Crippen molar-refractivity contribution in [2.75, 3.05) is 17.2 Å². The molecule has 2 rings (SSSR count). The average Bonchev–Trinajstić information content (AvgIpc) is 2.79. The van der Waals surface area contributed by atoms with E-state index in [0.29, 0.717) is 11.7 Å². The molecule has 1 aliphatic heterocycles. The first-order valence-corrected chi connectivity index (χ1v) is 6.14. The van der Waals surface area contributed by atoms with Crippen LogP contribution in [0.4, 0.5) is 15.8 Å². The van der Waals surface area contributed by atoms with Gasteiger partial charge in [-0.25, -0.2) is 9.18 Å². The van der Waals surface area contributed by atoms with Gasteiger partial charge in [0.15, 0.2) is 0 Å². The van der Waals surface area contributed by atoms with Crippen LogP contribution in [-0.4, -0.2) is 23.7 Å². The van der Waals surface area contributed by atoms with E-state index in [9.17, 15) is 14.3 Å². The lowest BCUT2D eigenvalue weighted by Gasteiger charge is -2.27. The summed E-state index contributed by atoms with van der Waals surface area (Å²) in [6.45, 7) is 2.86. The normalized spacial score (nSPS) is 19.2. The summed E-state index contributed by atoms with van der Waals surface area (Å²) >= 11 is 0. The van der Waals surface area contributed by atoms with Crippen LogP contribution in [0.25, 0.3) is 0 Å². The highest BCUT2D eigenvalue weighted by molar-refractivity contribution is 6.00. The van der Waals surface area contributed by atoms with E-state index >= 15 is 0 Å². The molecule has 1 aromatic rings. The number of hydrogen-bond donors (Lipinski definition) is 2. The third-order valence-corrected chi connectivity index (χ3v) is 3.54. The number of carboxylic acids is 1. The molecule has 0 saturated carbocycles. The lowest BCUT2D eigenvalue weighted by Crippen LogP contribution is -2.30. The molecule has 1 fully saturated rings. The molecule has 0 amide bonds. The Kier molecular flexibility index (Phi) is 3.41. The Morgan fingerprint density at radius 1 is 1.61 bits per heavy atom. The molecule has 0 bridgehead atoms. The maximum Gasteiger partial charge on any atom is 0.340 e. The largest absolute Gasteiger partial charge is 0.478 e. The summed E-state index contributed by atoms with van der Waals surface area (Å²) in [5, 5.41) is 9.22. The fourth-order valence-electron chi connectivity index (χ4n) is 2.62. The van der Waals surface area contributed by atoms with Gasteiger partial charge in [0.1, 0.15) is 11.4 Å². The summed E-state index contributed by atoms with van der Waals surface area (Å²) < 4.78 is 13.4. The van der Waals surface area contributed by atoms with Crippen molar-refractivity contribution in [2.24, 2.45) is 0 Å². The second-order valence-electron chi connectivity index (χ2n) is 4.56. The number of nitrogen functional groups attached to an aromatic ring is 1. The van der Waals surface area contributed by atoms with E-state index in [1.165, 1.54) is 12.1 Å². The quantitative estimate of drug-likeness (QED) is 0.811. The Morgan fingerprint density at radius 2 is 2.33 bits per heavy atom. The molecule has 0 radical (unpaired) electrons. The zero-order chi connectivity index (χ0) is 13.3. The molecule has 98 valence electrons. The highest BCUT2D eigenvalue weighted by Gasteiger charge is 2.28. The van der Waals surface area contributed by atoms with Gasteiger partial charge in [0.05, 0.1) is 11.4 Å². The van der Waals surface area contributed by atoms with Crippen LogP contribution in [-0.2, 0) is 0 Å². The van der Waals surface area contributed by atoms with Gasteiger partial charge in [0.25, 0.3) is 0 Å². The minimum Gasteiger partial charge on any atom is -0.478 e. The van der Waals surface area contributed by atoms with Crippen molar-refractivity contribution in [3.8, 4) is 0 Å². The molecule has 1 aromatic carbocycles. The van der Waals surface area contributed by atoms with Crippen LogP contribution in [0.5, 0.6) is 0 Å². The maximum absolute atomic E-state index is 13.4. The number of anilines is 2. The van der Waals surface area contributed by atoms with Crippen LogP contribution in [0.15, 0.2) is 12.1 Å². The second kappa shape index (κ2) is 4.84. The van der Waals surface area contributed by atoms with Gasteiger partial charge in [-0.3, -0.25) is 0 Å². The highest BCUT2D eigenvalue weighted by atomic mass is 19.1. The number of halogens is 1. The predicted octanol–water partition coefficient (Wildman–Crippen LogP) is 2.48. The molecule has 3 N–H and O–H groups in total. The lowest BCUT2D eigenvalue weighted by molar-refractivity contribution is 0.0698. The van der Waals surface area contributed by atoms with Gasteiger partial charge in [0.2, 0.25) is 0 Å². The molecule has 1 heterocycles. The Labute approximate surface area is 105 Å². The van der Waals surface area contributed by atoms with E-state index < -0.39 is 11.8 Å². The van der Waals surface area contributed by atoms with E-state index in [0.717, 1.165) is 25.8 Å². The molecule has 0 aliphatic carbocycles. The molecule has 4 nitrogen and oxygen atoms in total. The molecule has 18 heavy (non-hydrogen) atoms. The van der Waals surface area contributed by atoms with E-state index in [1.54, 1.807) is 0 Å². The fraction of sp³-hybridized carbons (Fsp3) is 0.462. The SMILES string of the molecule is CCC1CCCN1c1ccc(F)c(N)c1C(=O)O. The fourth-order valence-corrected chi connectivity index (χ4v) is 2.62. The number of hydrogen-bond acceptors (Lipinski definition) is 3. The smallest absolute Gasteiger partial charge is 0.340 e. The summed E-state index contributed by atoms with van der Waals surface area (Å²) in [6, 6.07) is 3.07. The number of rotatable bonds is 3. The van der Waals surface area contributed by atoms with E-state index in [1.807, 2.05) is 4.90 Å². The van der Waals surface area contributed by atoms with Gasteiger partial charge in [-0.2, -0.15) is 0 Å². The van der Waals surface area contributed by atoms with Crippen molar-refractivity contribution in [2.45, 2.75) is 32.2 Å². The second-order valence-corrected chi connectivity index (χ2v) is 4.56. The number of nitrogens with zero attached hydrogens (tertiary/aromatic N) is 1. The molecule has 1 saturated heterocycles.